The summed E-state index contributed by atoms with van der Waals surface area (Å²) in [6.45, 7) is 0. The van der Waals surface area contributed by atoms with Gasteiger partial charge in [0, 0.05) is 54.9 Å². The van der Waals surface area contributed by atoms with Gasteiger partial charge in [0.2, 0.25) is 5.78 Å². The molecule has 0 atom stereocenters. The largest absolute Gasteiger partial charge is 0.331 e. The summed E-state index contributed by atoms with van der Waals surface area (Å²) in [7, 11) is 3.59. The number of nitrogens with zero attached hydrogens (tertiary/aromatic N) is 5. The summed E-state index contributed by atoms with van der Waals surface area (Å²) in [5.41, 5.74) is 2.28. The van der Waals surface area contributed by atoms with Gasteiger partial charge in [-0.15, -0.1) is 11.3 Å². The van der Waals surface area contributed by atoms with E-state index in [0.717, 1.165) is 10.6 Å². The van der Waals surface area contributed by atoms with Crippen molar-refractivity contribution in [2.24, 2.45) is 14.1 Å². The lowest BCUT2D eigenvalue weighted by Gasteiger charge is -2.05. The molecule has 3 heterocycles. The van der Waals surface area contributed by atoms with Crippen molar-refractivity contribution in [2.45, 2.75) is 0 Å². The van der Waals surface area contributed by atoms with Crippen molar-refractivity contribution in [2.75, 3.05) is 5.32 Å². The number of hydrogen-bond acceptors (Lipinski definition) is 6. The van der Waals surface area contributed by atoms with Crippen LogP contribution < -0.4 is 5.32 Å². The fraction of sp³-hybridized carbons (Fsp3) is 0.105. The highest BCUT2D eigenvalue weighted by Crippen LogP contribution is 2.23. The van der Waals surface area contributed by atoms with Crippen molar-refractivity contribution in [3.63, 3.8) is 0 Å². The van der Waals surface area contributed by atoms with Crippen LogP contribution in [0.15, 0.2) is 54.4 Å². The molecule has 1 N–H and O–H groups in total. The third-order valence-corrected chi connectivity index (χ3v) is 5.01. The number of carbonyl (C=O) groups is 2. The molecule has 0 bridgehead atoms. The van der Waals surface area contributed by atoms with Gasteiger partial charge in [-0.2, -0.15) is 5.10 Å². The van der Waals surface area contributed by atoms with Crippen LogP contribution in [0, 0.1) is 0 Å². The predicted molar refractivity (Wildman–Crippen MR) is 105 cm³/mol. The molecular formula is C19H16N6O2S. The second kappa shape index (κ2) is 7.20. The Kier molecular flexibility index (Phi) is 4.58. The maximum atomic E-state index is 12.4. The highest BCUT2D eigenvalue weighted by atomic mass is 32.1. The number of aromatic nitrogens is 5. The third-order valence-electron chi connectivity index (χ3n) is 4.12. The summed E-state index contributed by atoms with van der Waals surface area (Å²) in [5.74, 6) is -0.122. The molecule has 3 aromatic heterocycles. The molecular weight excluding hydrogens is 376 g/mol. The highest BCUT2D eigenvalue weighted by molar-refractivity contribution is 7.13. The zero-order chi connectivity index (χ0) is 19.7. The lowest BCUT2D eigenvalue weighted by Crippen LogP contribution is -2.13. The van der Waals surface area contributed by atoms with Crippen LogP contribution in [0.3, 0.4) is 0 Å². The Morgan fingerprint density at radius 3 is 2.57 bits per heavy atom. The molecule has 0 unspecified atom stereocenters. The topological polar surface area (TPSA) is 94.7 Å². The van der Waals surface area contributed by atoms with E-state index in [0.29, 0.717) is 22.8 Å². The van der Waals surface area contributed by atoms with E-state index < -0.39 is 0 Å². The van der Waals surface area contributed by atoms with E-state index in [4.69, 9.17) is 0 Å². The normalized spacial score (nSPS) is 10.8. The molecule has 4 aromatic rings. The van der Waals surface area contributed by atoms with Gasteiger partial charge >= 0.3 is 0 Å². The van der Waals surface area contributed by atoms with Crippen molar-refractivity contribution in [1.82, 2.24) is 24.3 Å². The van der Waals surface area contributed by atoms with Gasteiger partial charge in [0.25, 0.3) is 5.91 Å². The monoisotopic (exact) mass is 392 g/mol. The molecule has 0 radical (unpaired) electrons. The average molecular weight is 392 g/mol. The smallest absolute Gasteiger partial charge is 0.275 e. The number of rotatable bonds is 5. The van der Waals surface area contributed by atoms with Gasteiger partial charge in [-0.05, 0) is 24.3 Å². The first-order valence-electron chi connectivity index (χ1n) is 8.39. The van der Waals surface area contributed by atoms with E-state index in [2.05, 4.69) is 20.4 Å². The molecule has 4 rings (SSSR count). The maximum absolute atomic E-state index is 12.4. The predicted octanol–water partition coefficient (Wildman–Crippen LogP) is 2.76. The summed E-state index contributed by atoms with van der Waals surface area (Å²) in [5, 5.41) is 9.34. The molecule has 9 heteroatoms. The van der Waals surface area contributed by atoms with Gasteiger partial charge in [0.1, 0.15) is 10.7 Å². The van der Waals surface area contributed by atoms with Gasteiger partial charge < -0.3 is 9.88 Å². The average Bonchev–Trinajstić information content (AvgIpc) is 3.42. The Bertz CT molecular complexity index is 1160. The maximum Gasteiger partial charge on any atom is 0.275 e. The molecule has 0 spiro atoms. The number of carbonyl (C=O) groups excluding carboxylic acids is 2. The molecule has 0 aliphatic heterocycles. The minimum Gasteiger partial charge on any atom is -0.331 e. The second-order valence-corrected chi connectivity index (χ2v) is 7.02. The number of benzene rings is 1. The zero-order valence-electron chi connectivity index (χ0n) is 15.2. The van der Waals surface area contributed by atoms with Crippen molar-refractivity contribution in [1.29, 1.82) is 0 Å². The first-order chi connectivity index (χ1) is 13.5. The SMILES string of the molecule is Cn1cc(-c2nc(C(=O)Nc3ccc(C(=O)c4nccn4C)cc3)cs2)cn1. The standard InChI is InChI=1S/C19H16N6O2S/c1-24-8-7-20-17(24)16(26)12-3-5-14(6-4-12)22-18(27)15-11-28-19(23-15)13-9-21-25(2)10-13/h3-11H,1-2H3,(H,22,27). The highest BCUT2D eigenvalue weighted by Gasteiger charge is 2.15. The Labute approximate surface area is 164 Å². The van der Waals surface area contributed by atoms with E-state index >= 15 is 0 Å². The molecule has 0 aliphatic rings. The van der Waals surface area contributed by atoms with Crippen LogP contribution >= 0.6 is 11.3 Å². The van der Waals surface area contributed by atoms with Gasteiger partial charge in [-0.3, -0.25) is 14.3 Å². The molecule has 0 saturated carbocycles. The van der Waals surface area contributed by atoms with Gasteiger partial charge in [-0.25, -0.2) is 9.97 Å². The minimum atomic E-state index is -0.311. The van der Waals surface area contributed by atoms with Crippen LogP contribution in [0.1, 0.15) is 26.7 Å². The van der Waals surface area contributed by atoms with E-state index in [1.807, 2.05) is 13.2 Å². The van der Waals surface area contributed by atoms with Crippen LogP contribution in [0.2, 0.25) is 0 Å². The number of aryl methyl sites for hydroxylation is 2. The molecule has 140 valence electrons. The summed E-state index contributed by atoms with van der Waals surface area (Å²) in [4.78, 5) is 33.3. The third kappa shape index (κ3) is 3.47. The lowest BCUT2D eigenvalue weighted by atomic mass is 10.1. The Morgan fingerprint density at radius 2 is 1.93 bits per heavy atom. The Balaban J connectivity index is 1.46. The van der Waals surface area contributed by atoms with Gasteiger partial charge in [0.05, 0.1) is 6.20 Å². The molecule has 1 aromatic carbocycles. The molecule has 1 amide bonds. The number of imidazole rings is 1. The summed E-state index contributed by atoms with van der Waals surface area (Å²) in [6.07, 6.45) is 6.85. The van der Waals surface area contributed by atoms with Gasteiger partial charge in [0.15, 0.2) is 5.82 Å². The molecule has 0 aliphatic carbocycles. The Morgan fingerprint density at radius 1 is 1.14 bits per heavy atom. The second-order valence-electron chi connectivity index (χ2n) is 6.16. The van der Waals surface area contributed by atoms with Crippen LogP contribution in [0.25, 0.3) is 10.6 Å². The van der Waals surface area contributed by atoms with E-state index in [9.17, 15) is 9.59 Å². The summed E-state index contributed by atoms with van der Waals surface area (Å²) >= 11 is 1.38. The van der Waals surface area contributed by atoms with E-state index in [-0.39, 0.29) is 11.7 Å². The number of hydrogen-bond donors (Lipinski definition) is 1. The van der Waals surface area contributed by atoms with E-state index in [1.165, 1.54) is 11.3 Å². The quantitative estimate of drug-likeness (QED) is 0.527. The number of amides is 1. The first-order valence-corrected chi connectivity index (χ1v) is 9.27. The van der Waals surface area contributed by atoms with Crippen LogP contribution in [-0.2, 0) is 14.1 Å². The number of nitrogens with one attached hydrogen (secondary N) is 1. The molecule has 28 heavy (non-hydrogen) atoms. The van der Waals surface area contributed by atoms with Crippen LogP contribution in [-0.4, -0.2) is 36.0 Å². The van der Waals surface area contributed by atoms with Crippen LogP contribution in [0.4, 0.5) is 5.69 Å². The molecule has 0 saturated heterocycles. The minimum absolute atomic E-state index is 0.175. The number of anilines is 1. The summed E-state index contributed by atoms with van der Waals surface area (Å²) in [6, 6.07) is 6.69. The number of ketones is 1. The van der Waals surface area contributed by atoms with E-state index in [1.54, 1.807) is 64.5 Å². The fourth-order valence-corrected chi connectivity index (χ4v) is 3.43. The summed E-state index contributed by atoms with van der Waals surface area (Å²) < 4.78 is 3.35. The Hall–Kier alpha value is -3.59. The van der Waals surface area contributed by atoms with Crippen LogP contribution in [0.5, 0.6) is 0 Å². The molecule has 8 nitrogen and oxygen atoms in total. The number of thiazole rings is 1. The lowest BCUT2D eigenvalue weighted by molar-refractivity contribution is 0.101. The van der Waals surface area contributed by atoms with Gasteiger partial charge in [-0.1, -0.05) is 0 Å². The van der Waals surface area contributed by atoms with Crippen molar-refractivity contribution in [3.8, 4) is 10.6 Å². The molecule has 0 fully saturated rings. The van der Waals surface area contributed by atoms with Crippen molar-refractivity contribution in [3.05, 3.63) is 71.5 Å². The zero-order valence-corrected chi connectivity index (χ0v) is 16.0. The van der Waals surface area contributed by atoms with Crippen molar-refractivity contribution >= 4 is 28.7 Å². The van der Waals surface area contributed by atoms with Crippen molar-refractivity contribution < 1.29 is 9.59 Å². The first kappa shape index (κ1) is 17.8. The fourth-order valence-electron chi connectivity index (χ4n) is 2.66.